The van der Waals surface area contributed by atoms with E-state index in [2.05, 4.69) is 5.32 Å². The molecule has 0 saturated heterocycles. The lowest BCUT2D eigenvalue weighted by atomic mass is 10.1. The zero-order chi connectivity index (χ0) is 16.8. The average Bonchev–Trinajstić information content (AvgIpc) is 3.02. The van der Waals surface area contributed by atoms with Gasteiger partial charge in [0.2, 0.25) is 10.0 Å². The summed E-state index contributed by atoms with van der Waals surface area (Å²) in [6.07, 6.45) is 1.65. The first-order valence-electron chi connectivity index (χ1n) is 6.98. The Hall–Kier alpha value is -1.41. The first-order chi connectivity index (χ1) is 10.8. The van der Waals surface area contributed by atoms with Crippen molar-refractivity contribution in [1.82, 2.24) is 5.32 Å². The van der Waals surface area contributed by atoms with Crippen molar-refractivity contribution in [2.24, 2.45) is 5.14 Å². The Morgan fingerprint density at radius 1 is 1.39 bits per heavy atom. The molecule has 2 aromatic rings. The maximum Gasteiger partial charge on any atom is 0.262 e. The molecule has 0 unspecified atom stereocenters. The average molecular weight is 371 g/mol. The van der Waals surface area contributed by atoms with Gasteiger partial charge >= 0.3 is 0 Å². The van der Waals surface area contributed by atoms with Crippen LogP contribution in [0, 0.1) is 6.92 Å². The number of halogens is 1. The van der Waals surface area contributed by atoms with Gasteiger partial charge in [0.05, 0.1) is 10.9 Å². The van der Waals surface area contributed by atoms with E-state index in [1.54, 1.807) is 13.0 Å². The van der Waals surface area contributed by atoms with E-state index in [0.29, 0.717) is 15.5 Å². The van der Waals surface area contributed by atoms with Crippen LogP contribution >= 0.6 is 22.9 Å². The van der Waals surface area contributed by atoms with Crippen LogP contribution < -0.4 is 10.5 Å². The highest BCUT2D eigenvalue weighted by atomic mass is 35.5. The third-order valence-corrected chi connectivity index (χ3v) is 6.76. The van der Waals surface area contributed by atoms with E-state index in [1.165, 1.54) is 6.07 Å². The van der Waals surface area contributed by atoms with E-state index in [9.17, 15) is 13.2 Å². The van der Waals surface area contributed by atoms with Crippen molar-refractivity contribution < 1.29 is 13.2 Å². The van der Waals surface area contributed by atoms with Gasteiger partial charge < -0.3 is 5.32 Å². The summed E-state index contributed by atoms with van der Waals surface area (Å²) >= 11 is 6.88. The monoisotopic (exact) mass is 370 g/mol. The number of primary sulfonamides is 1. The lowest BCUT2D eigenvalue weighted by Crippen LogP contribution is -2.26. The molecular formula is C15H15ClN2O3S2. The van der Waals surface area contributed by atoms with E-state index in [4.69, 9.17) is 16.7 Å². The largest absolute Gasteiger partial charge is 0.345 e. The first-order valence-corrected chi connectivity index (χ1v) is 9.72. The fraction of sp³-hybridized carbons (Fsp3) is 0.267. The van der Waals surface area contributed by atoms with Crippen LogP contribution in [0.1, 0.15) is 38.8 Å². The minimum atomic E-state index is -3.79. The van der Waals surface area contributed by atoms with Gasteiger partial charge in [0, 0.05) is 5.02 Å². The summed E-state index contributed by atoms with van der Waals surface area (Å²) in [6.45, 7) is 1.70. The Labute approximate surface area is 143 Å². The number of carbonyl (C=O) groups excluding carboxylic acids is 1. The molecule has 0 fully saturated rings. The van der Waals surface area contributed by atoms with Crippen molar-refractivity contribution in [3.63, 3.8) is 0 Å². The summed E-state index contributed by atoms with van der Waals surface area (Å²) in [5.41, 5.74) is 2.80. The van der Waals surface area contributed by atoms with Crippen LogP contribution in [0.2, 0.25) is 5.02 Å². The third-order valence-electron chi connectivity index (χ3n) is 3.87. The van der Waals surface area contributed by atoms with Crippen LogP contribution in [0.4, 0.5) is 0 Å². The molecule has 5 nitrogen and oxygen atoms in total. The molecule has 1 atom stereocenters. The van der Waals surface area contributed by atoms with Gasteiger partial charge in [0.1, 0.15) is 4.21 Å². The predicted molar refractivity (Wildman–Crippen MR) is 90.4 cm³/mol. The molecule has 1 heterocycles. The molecule has 1 aromatic carbocycles. The standard InChI is InChI=1S/C15H15ClN2O3S2/c1-8-6-13(23(17,20)21)22-14(8)15(19)18-12-5-2-9-7-10(16)3-4-11(9)12/h3-4,6-7,12H,2,5H2,1H3,(H,18,19)(H2,17,20,21)/t12-/m1/s1. The predicted octanol–water partition coefficient (Wildman–Crippen LogP) is 2.77. The molecule has 0 radical (unpaired) electrons. The second-order valence-electron chi connectivity index (χ2n) is 5.53. The van der Waals surface area contributed by atoms with Gasteiger partial charge in [0.25, 0.3) is 5.91 Å². The van der Waals surface area contributed by atoms with Crippen molar-refractivity contribution in [2.45, 2.75) is 30.0 Å². The molecule has 1 aromatic heterocycles. The molecule has 0 spiro atoms. The number of thiophene rings is 1. The highest BCUT2D eigenvalue weighted by Gasteiger charge is 2.26. The summed E-state index contributed by atoms with van der Waals surface area (Å²) in [4.78, 5) is 12.8. The van der Waals surface area contributed by atoms with E-state index in [0.717, 1.165) is 35.3 Å². The van der Waals surface area contributed by atoms with Crippen molar-refractivity contribution >= 4 is 38.9 Å². The molecule has 0 aliphatic heterocycles. The summed E-state index contributed by atoms with van der Waals surface area (Å²) in [6, 6.07) is 6.98. The number of aryl methyl sites for hydroxylation is 2. The zero-order valence-electron chi connectivity index (χ0n) is 12.3. The van der Waals surface area contributed by atoms with Crippen LogP contribution in [0.3, 0.4) is 0 Å². The van der Waals surface area contributed by atoms with Gasteiger partial charge in [-0.2, -0.15) is 0 Å². The molecular weight excluding hydrogens is 356 g/mol. The molecule has 8 heteroatoms. The van der Waals surface area contributed by atoms with Crippen molar-refractivity contribution in [3.8, 4) is 0 Å². The Morgan fingerprint density at radius 3 is 2.78 bits per heavy atom. The van der Waals surface area contributed by atoms with Crippen molar-refractivity contribution in [1.29, 1.82) is 0 Å². The highest BCUT2D eigenvalue weighted by molar-refractivity contribution is 7.91. The number of nitrogens with two attached hydrogens (primary N) is 1. The van der Waals surface area contributed by atoms with Gasteiger partial charge in [0.15, 0.2) is 0 Å². The topological polar surface area (TPSA) is 89.3 Å². The SMILES string of the molecule is Cc1cc(S(N)(=O)=O)sc1C(=O)N[C@@H]1CCc2cc(Cl)ccc21. The first kappa shape index (κ1) is 16.4. The fourth-order valence-corrected chi connectivity index (χ4v) is 4.84. The van der Waals surface area contributed by atoms with Gasteiger partial charge in [-0.15, -0.1) is 11.3 Å². The van der Waals surface area contributed by atoms with Gasteiger partial charge in [-0.1, -0.05) is 17.7 Å². The quantitative estimate of drug-likeness (QED) is 0.870. The van der Waals surface area contributed by atoms with Gasteiger partial charge in [-0.05, 0) is 54.7 Å². The molecule has 0 bridgehead atoms. The number of nitrogens with one attached hydrogen (secondary N) is 1. The van der Waals surface area contributed by atoms with E-state index >= 15 is 0 Å². The minimum absolute atomic E-state index is 0.00115. The lowest BCUT2D eigenvalue weighted by molar-refractivity contribution is 0.0940. The second-order valence-corrected chi connectivity index (χ2v) is 8.81. The molecule has 3 N–H and O–H groups in total. The summed E-state index contributed by atoms with van der Waals surface area (Å²) < 4.78 is 22.8. The Morgan fingerprint density at radius 2 is 2.13 bits per heavy atom. The smallest absolute Gasteiger partial charge is 0.262 e. The maximum atomic E-state index is 12.5. The number of amides is 1. The van der Waals surface area contributed by atoms with Crippen LogP contribution in [-0.2, 0) is 16.4 Å². The summed E-state index contributed by atoms with van der Waals surface area (Å²) in [5.74, 6) is -0.282. The maximum absolute atomic E-state index is 12.5. The molecule has 23 heavy (non-hydrogen) atoms. The van der Waals surface area contributed by atoms with Crippen molar-refractivity contribution in [3.05, 3.63) is 50.9 Å². The normalized spacial score (nSPS) is 17.1. The fourth-order valence-electron chi connectivity index (χ4n) is 2.78. The number of carbonyl (C=O) groups is 1. The van der Waals surface area contributed by atoms with Crippen LogP contribution in [0.25, 0.3) is 0 Å². The number of sulfonamides is 1. The number of fused-ring (bicyclic) bond motifs is 1. The third kappa shape index (κ3) is 3.28. The highest BCUT2D eigenvalue weighted by Crippen LogP contribution is 2.34. The van der Waals surface area contributed by atoms with Crippen LogP contribution in [0.5, 0.6) is 0 Å². The van der Waals surface area contributed by atoms with Gasteiger partial charge in [-0.3, -0.25) is 4.79 Å². The molecule has 1 aliphatic carbocycles. The minimum Gasteiger partial charge on any atom is -0.345 e. The number of benzene rings is 1. The molecule has 0 saturated carbocycles. The summed E-state index contributed by atoms with van der Waals surface area (Å²) in [7, 11) is -3.79. The number of hydrogen-bond donors (Lipinski definition) is 2. The summed E-state index contributed by atoms with van der Waals surface area (Å²) in [5, 5.41) is 8.77. The molecule has 122 valence electrons. The van der Waals surface area contributed by atoms with E-state index in [-0.39, 0.29) is 16.2 Å². The Kier molecular flexibility index (Phi) is 4.22. The van der Waals surface area contributed by atoms with E-state index < -0.39 is 10.0 Å². The van der Waals surface area contributed by atoms with Crippen LogP contribution in [0.15, 0.2) is 28.5 Å². The molecule has 1 amide bonds. The van der Waals surface area contributed by atoms with Gasteiger partial charge in [-0.25, -0.2) is 13.6 Å². The van der Waals surface area contributed by atoms with Crippen LogP contribution in [-0.4, -0.2) is 14.3 Å². The Balaban J connectivity index is 1.83. The number of rotatable bonds is 3. The number of hydrogen-bond acceptors (Lipinski definition) is 4. The second kappa shape index (κ2) is 5.90. The lowest BCUT2D eigenvalue weighted by Gasteiger charge is -2.14. The molecule has 1 aliphatic rings. The van der Waals surface area contributed by atoms with E-state index in [1.807, 2.05) is 12.1 Å². The Bertz CT molecular complexity index is 890. The molecule has 3 rings (SSSR count). The zero-order valence-corrected chi connectivity index (χ0v) is 14.7. The van der Waals surface area contributed by atoms with Crippen molar-refractivity contribution in [2.75, 3.05) is 0 Å².